The van der Waals surface area contributed by atoms with Crippen molar-refractivity contribution in [3.63, 3.8) is 0 Å². The summed E-state index contributed by atoms with van der Waals surface area (Å²) in [6, 6.07) is 21.2. The molecule has 0 saturated carbocycles. The lowest BCUT2D eigenvalue weighted by Gasteiger charge is -2.18. The molecule has 8 nitrogen and oxygen atoms in total. The van der Waals surface area contributed by atoms with E-state index in [-0.39, 0.29) is 18.3 Å². The predicted molar refractivity (Wildman–Crippen MR) is 193 cm³/mol. The van der Waals surface area contributed by atoms with Crippen LogP contribution >= 0.6 is 45.2 Å². The largest absolute Gasteiger partial charge is 0.494 e. The molecule has 0 fully saturated rings. The van der Waals surface area contributed by atoms with Crippen molar-refractivity contribution in [2.24, 2.45) is 5.10 Å². The summed E-state index contributed by atoms with van der Waals surface area (Å²) in [7, 11) is 0. The van der Waals surface area contributed by atoms with Crippen molar-refractivity contribution in [3.05, 3.63) is 106 Å². The van der Waals surface area contributed by atoms with Gasteiger partial charge in [0.15, 0.2) is 17.3 Å². The molecule has 230 valence electrons. The van der Waals surface area contributed by atoms with Gasteiger partial charge in [0.05, 0.1) is 30.9 Å². The molecule has 5 aromatic rings. The van der Waals surface area contributed by atoms with E-state index in [0.29, 0.717) is 29.9 Å². The van der Waals surface area contributed by atoms with Gasteiger partial charge in [-0.15, -0.1) is 0 Å². The number of hydrogen-bond acceptors (Lipinski definition) is 7. The van der Waals surface area contributed by atoms with E-state index in [2.05, 4.69) is 65.1 Å². The van der Waals surface area contributed by atoms with Crippen molar-refractivity contribution in [1.82, 2.24) is 9.66 Å². The topological polar surface area (TPSA) is 84.2 Å². The number of fused-ring (bicyclic) bond motifs is 2. The van der Waals surface area contributed by atoms with E-state index in [1.54, 1.807) is 12.3 Å². The Morgan fingerprint density at radius 2 is 1.76 bits per heavy atom. The highest BCUT2D eigenvalue weighted by molar-refractivity contribution is 14.1. The maximum atomic E-state index is 13.9. The maximum absolute atomic E-state index is 13.9. The summed E-state index contributed by atoms with van der Waals surface area (Å²) >= 11 is 4.53. The van der Waals surface area contributed by atoms with E-state index in [0.717, 1.165) is 58.0 Å². The lowest BCUT2D eigenvalue weighted by Crippen LogP contribution is -2.21. The highest BCUT2D eigenvalue weighted by Crippen LogP contribution is 2.36. The number of aryl methyl sites for hydroxylation is 1. The van der Waals surface area contributed by atoms with Crippen molar-refractivity contribution < 1.29 is 18.9 Å². The summed E-state index contributed by atoms with van der Waals surface area (Å²) < 4.78 is 26.3. The number of nitrogens with zero attached hydrogens (tertiary/aromatic N) is 3. The molecule has 0 saturated heterocycles. The average molecular weight is 827 g/mol. The fourth-order valence-electron chi connectivity index (χ4n) is 5.18. The predicted octanol–water partition coefficient (Wildman–Crippen LogP) is 8.29. The van der Waals surface area contributed by atoms with E-state index in [1.807, 2.05) is 68.4 Å². The van der Waals surface area contributed by atoms with Crippen LogP contribution in [-0.4, -0.2) is 29.3 Å². The lowest BCUT2D eigenvalue weighted by molar-refractivity contribution is 0.174. The molecule has 6 rings (SSSR count). The second-order valence-electron chi connectivity index (χ2n) is 10.9. The van der Waals surface area contributed by atoms with E-state index in [1.165, 1.54) is 4.68 Å². The lowest BCUT2D eigenvalue weighted by atomic mass is 9.96. The van der Waals surface area contributed by atoms with Gasteiger partial charge in [0.1, 0.15) is 18.1 Å². The molecule has 4 aromatic carbocycles. The van der Waals surface area contributed by atoms with Crippen LogP contribution in [0.15, 0.2) is 76.6 Å². The van der Waals surface area contributed by atoms with Crippen LogP contribution in [0.1, 0.15) is 48.9 Å². The van der Waals surface area contributed by atoms with Gasteiger partial charge in [-0.1, -0.05) is 32.0 Å². The van der Waals surface area contributed by atoms with Gasteiger partial charge in [-0.05, 0) is 136 Å². The Balaban J connectivity index is 1.36. The number of rotatable bonds is 9. The monoisotopic (exact) mass is 827 g/mol. The van der Waals surface area contributed by atoms with Crippen LogP contribution in [0, 0.1) is 14.1 Å². The Labute approximate surface area is 288 Å². The number of ether oxygens (including phenoxy) is 4. The summed E-state index contributed by atoms with van der Waals surface area (Å²) in [5.41, 5.74) is 5.03. The zero-order chi connectivity index (χ0) is 31.7. The quantitative estimate of drug-likeness (QED) is 0.110. The molecule has 0 atom stereocenters. The molecular weight excluding hydrogens is 796 g/mol. The molecule has 0 radical (unpaired) electrons. The third kappa shape index (κ3) is 6.53. The molecule has 1 aromatic heterocycles. The minimum Gasteiger partial charge on any atom is -0.494 e. The Morgan fingerprint density at radius 1 is 1.00 bits per heavy atom. The van der Waals surface area contributed by atoms with Crippen LogP contribution < -0.4 is 24.5 Å². The van der Waals surface area contributed by atoms with Gasteiger partial charge in [-0.3, -0.25) is 4.79 Å². The Hall–Kier alpha value is -3.65. The first-order valence-electron chi connectivity index (χ1n) is 14.6. The fourth-order valence-corrected chi connectivity index (χ4v) is 7.31. The highest BCUT2D eigenvalue weighted by Gasteiger charge is 2.19. The van der Waals surface area contributed by atoms with Crippen molar-refractivity contribution in [2.75, 3.05) is 13.4 Å². The van der Waals surface area contributed by atoms with Crippen LogP contribution in [0.4, 0.5) is 0 Å². The number of benzene rings is 4. The number of para-hydroxylation sites is 1. The van der Waals surface area contributed by atoms with E-state index in [9.17, 15) is 4.79 Å². The molecule has 0 spiro atoms. The van der Waals surface area contributed by atoms with Crippen molar-refractivity contribution in [1.29, 1.82) is 0 Å². The van der Waals surface area contributed by atoms with E-state index >= 15 is 0 Å². The second-order valence-corrected chi connectivity index (χ2v) is 13.2. The number of halogens is 2. The van der Waals surface area contributed by atoms with Crippen LogP contribution in [-0.2, 0) is 6.61 Å². The van der Waals surface area contributed by atoms with Crippen molar-refractivity contribution in [2.45, 2.75) is 40.2 Å². The average Bonchev–Trinajstić information content (AvgIpc) is 3.48. The minimum absolute atomic E-state index is 0.213. The third-order valence-electron chi connectivity index (χ3n) is 7.44. The molecule has 0 N–H and O–H groups in total. The molecule has 2 heterocycles. The van der Waals surface area contributed by atoms with Gasteiger partial charge in [0.25, 0.3) is 5.56 Å². The van der Waals surface area contributed by atoms with Crippen molar-refractivity contribution >= 4 is 62.3 Å². The summed E-state index contributed by atoms with van der Waals surface area (Å²) in [5, 5.41) is 5.23. The Kier molecular flexibility index (Phi) is 9.31. The molecule has 1 aliphatic heterocycles. The van der Waals surface area contributed by atoms with Gasteiger partial charge < -0.3 is 18.9 Å². The summed E-state index contributed by atoms with van der Waals surface area (Å²) in [6.45, 7) is 9.43. The van der Waals surface area contributed by atoms with Crippen LogP contribution in [0.5, 0.6) is 23.0 Å². The van der Waals surface area contributed by atoms with Gasteiger partial charge in [0.2, 0.25) is 6.79 Å². The zero-order valence-electron chi connectivity index (χ0n) is 25.3. The van der Waals surface area contributed by atoms with Crippen LogP contribution in [0.25, 0.3) is 22.3 Å². The van der Waals surface area contributed by atoms with Gasteiger partial charge >= 0.3 is 0 Å². The molecule has 0 bridgehead atoms. The molecule has 0 amide bonds. The molecule has 0 aliphatic carbocycles. The van der Waals surface area contributed by atoms with Gasteiger partial charge in [-0.2, -0.15) is 9.78 Å². The van der Waals surface area contributed by atoms with E-state index in [4.69, 9.17) is 29.0 Å². The molecule has 10 heteroatoms. The first-order chi connectivity index (χ1) is 21.7. The summed E-state index contributed by atoms with van der Waals surface area (Å²) in [4.78, 5) is 18.8. The van der Waals surface area contributed by atoms with Crippen molar-refractivity contribution in [3.8, 4) is 34.4 Å². The normalized spacial score (nSPS) is 12.4. The Morgan fingerprint density at radius 3 is 2.51 bits per heavy atom. The third-order valence-corrected chi connectivity index (χ3v) is 9.04. The van der Waals surface area contributed by atoms with Crippen LogP contribution in [0.2, 0.25) is 0 Å². The second kappa shape index (κ2) is 13.4. The molecule has 1 aliphatic rings. The Bertz CT molecular complexity index is 1980. The molecular formula is C35H31I2N3O5. The first-order valence-corrected chi connectivity index (χ1v) is 16.7. The summed E-state index contributed by atoms with van der Waals surface area (Å²) in [6.07, 6.45) is 1.69. The fraction of sp³-hybridized carbons (Fsp3) is 0.229. The number of aromatic nitrogens is 2. The number of hydrogen-bond donors (Lipinski definition) is 0. The summed E-state index contributed by atoms with van der Waals surface area (Å²) in [5.74, 6) is 3.79. The standard InChI is InChI=1S/C35H31I2N3O5/c1-5-42-31-12-21(4)26(16-25(31)20(2)3)34-39-29-9-7-6-8-24(29)35(41)40(34)38-17-23-13-27(36)33(28(37)14-23)43-18-22-10-11-30-32(15-22)45-19-44-30/h6-17,20H,5,18-19H2,1-4H3. The zero-order valence-corrected chi connectivity index (χ0v) is 29.6. The first kappa shape index (κ1) is 31.3. The highest BCUT2D eigenvalue weighted by atomic mass is 127. The smallest absolute Gasteiger partial charge is 0.282 e. The molecule has 45 heavy (non-hydrogen) atoms. The maximum Gasteiger partial charge on any atom is 0.282 e. The van der Waals surface area contributed by atoms with Gasteiger partial charge in [0, 0.05) is 5.56 Å². The minimum atomic E-state index is -0.237. The SMILES string of the molecule is CCOc1cc(C)c(-c2nc3ccccc3c(=O)n2N=Cc2cc(I)c(OCc3ccc4c(c3)OCO4)c(I)c2)cc1C(C)C. The van der Waals surface area contributed by atoms with E-state index < -0.39 is 0 Å². The van der Waals surface area contributed by atoms with Crippen LogP contribution in [0.3, 0.4) is 0 Å². The molecule has 0 unspecified atom stereocenters. The van der Waals surface area contributed by atoms with Gasteiger partial charge in [-0.25, -0.2) is 4.98 Å².